The molecule has 8 heteroatoms. The molecule has 3 rings (SSSR count). The molecule has 0 aliphatic carbocycles. The molecule has 1 aromatic rings. The fraction of sp³-hybridized carbons (Fsp3) is 0.696. The summed E-state index contributed by atoms with van der Waals surface area (Å²) in [6.07, 6.45) is 4.37. The molecular formula is C23H35N5O3. The highest BCUT2D eigenvalue weighted by atomic mass is 16.6. The Hall–Kier alpha value is -2.37. The Morgan fingerprint density at radius 3 is 2.65 bits per heavy atom. The summed E-state index contributed by atoms with van der Waals surface area (Å²) in [7, 11) is 0. The van der Waals surface area contributed by atoms with Gasteiger partial charge < -0.3 is 19.3 Å². The van der Waals surface area contributed by atoms with E-state index in [1.54, 1.807) is 6.20 Å². The maximum Gasteiger partial charge on any atom is 0.410 e. The van der Waals surface area contributed by atoms with E-state index < -0.39 is 5.60 Å². The number of amides is 1. The topological polar surface area (TPSA) is 81.9 Å². The van der Waals surface area contributed by atoms with Gasteiger partial charge in [0.2, 0.25) is 0 Å². The van der Waals surface area contributed by atoms with Crippen molar-refractivity contribution in [1.82, 2.24) is 14.8 Å². The molecular weight excluding hydrogens is 394 g/mol. The fourth-order valence-corrected chi connectivity index (χ4v) is 4.02. The number of likely N-dealkylation sites (tertiary alicyclic amines) is 1. The largest absolute Gasteiger partial charge is 0.444 e. The van der Waals surface area contributed by atoms with Gasteiger partial charge in [0.15, 0.2) is 0 Å². The Morgan fingerprint density at radius 2 is 2.00 bits per heavy atom. The van der Waals surface area contributed by atoms with Crippen LogP contribution in [0.15, 0.2) is 18.3 Å². The Kier molecular flexibility index (Phi) is 8.10. The van der Waals surface area contributed by atoms with Crippen molar-refractivity contribution >= 4 is 11.9 Å². The van der Waals surface area contributed by atoms with Crippen LogP contribution in [-0.2, 0) is 9.47 Å². The third kappa shape index (κ3) is 7.08. The predicted octanol–water partition coefficient (Wildman–Crippen LogP) is 2.88. The molecule has 0 N–H and O–H groups in total. The van der Waals surface area contributed by atoms with E-state index in [1.165, 1.54) is 0 Å². The van der Waals surface area contributed by atoms with Gasteiger partial charge in [-0.25, -0.2) is 9.78 Å². The van der Waals surface area contributed by atoms with Crippen LogP contribution in [-0.4, -0.2) is 85.0 Å². The lowest BCUT2D eigenvalue weighted by Gasteiger charge is -2.35. The van der Waals surface area contributed by atoms with Crippen LogP contribution >= 0.6 is 0 Å². The van der Waals surface area contributed by atoms with E-state index in [1.807, 2.05) is 37.8 Å². The minimum atomic E-state index is -0.467. The SMILES string of the molecule is CC(C)(C)OC(=O)N1CCC[C@H]1COCCCN1CCN(c2ccc(C#N)cn2)CC1. The number of carbonyl (C=O) groups is 1. The van der Waals surface area contributed by atoms with Gasteiger partial charge in [-0.3, -0.25) is 4.90 Å². The van der Waals surface area contributed by atoms with Gasteiger partial charge in [0, 0.05) is 52.1 Å². The minimum Gasteiger partial charge on any atom is -0.444 e. The van der Waals surface area contributed by atoms with Crippen LogP contribution in [0.25, 0.3) is 0 Å². The molecule has 0 spiro atoms. The highest BCUT2D eigenvalue weighted by Crippen LogP contribution is 2.21. The molecule has 170 valence electrons. The van der Waals surface area contributed by atoms with Crippen LogP contribution in [0.2, 0.25) is 0 Å². The number of pyridine rings is 1. The van der Waals surface area contributed by atoms with E-state index in [9.17, 15) is 4.79 Å². The second-order valence-electron chi connectivity index (χ2n) is 9.24. The number of hydrogen-bond acceptors (Lipinski definition) is 7. The molecule has 0 aromatic carbocycles. The maximum absolute atomic E-state index is 12.3. The van der Waals surface area contributed by atoms with Gasteiger partial charge in [0.05, 0.1) is 18.2 Å². The molecule has 31 heavy (non-hydrogen) atoms. The van der Waals surface area contributed by atoms with Crippen molar-refractivity contribution in [3.63, 3.8) is 0 Å². The Labute approximate surface area is 185 Å². The van der Waals surface area contributed by atoms with Crippen LogP contribution in [0.1, 0.15) is 45.6 Å². The molecule has 0 bridgehead atoms. The van der Waals surface area contributed by atoms with Gasteiger partial charge in [-0.05, 0) is 52.2 Å². The van der Waals surface area contributed by atoms with Gasteiger partial charge in [0.25, 0.3) is 0 Å². The molecule has 8 nitrogen and oxygen atoms in total. The average Bonchev–Trinajstić information content (AvgIpc) is 3.22. The third-order valence-electron chi connectivity index (χ3n) is 5.65. The van der Waals surface area contributed by atoms with Crippen molar-refractivity contribution in [3.05, 3.63) is 23.9 Å². The van der Waals surface area contributed by atoms with Crippen LogP contribution in [0, 0.1) is 11.3 Å². The molecule has 1 aromatic heterocycles. The van der Waals surface area contributed by atoms with Crippen molar-refractivity contribution in [3.8, 4) is 6.07 Å². The number of piperazine rings is 1. The summed E-state index contributed by atoms with van der Waals surface area (Å²) in [6, 6.07) is 5.97. The zero-order valence-corrected chi connectivity index (χ0v) is 19.0. The Morgan fingerprint density at radius 1 is 1.23 bits per heavy atom. The van der Waals surface area contributed by atoms with Crippen LogP contribution < -0.4 is 4.90 Å². The number of anilines is 1. The fourth-order valence-electron chi connectivity index (χ4n) is 4.02. The molecule has 2 aliphatic rings. The first-order chi connectivity index (χ1) is 14.9. The van der Waals surface area contributed by atoms with Crippen molar-refractivity contribution in [2.45, 2.75) is 51.7 Å². The van der Waals surface area contributed by atoms with E-state index in [2.05, 4.69) is 20.9 Å². The monoisotopic (exact) mass is 429 g/mol. The summed E-state index contributed by atoms with van der Waals surface area (Å²) >= 11 is 0. The van der Waals surface area contributed by atoms with Gasteiger partial charge in [-0.15, -0.1) is 0 Å². The molecule has 1 amide bonds. The van der Waals surface area contributed by atoms with E-state index in [0.717, 1.165) is 64.3 Å². The maximum atomic E-state index is 12.3. The summed E-state index contributed by atoms with van der Waals surface area (Å²) in [5.41, 5.74) is 0.125. The summed E-state index contributed by atoms with van der Waals surface area (Å²) in [4.78, 5) is 23.3. The van der Waals surface area contributed by atoms with Gasteiger partial charge in [-0.1, -0.05) is 0 Å². The molecule has 0 saturated carbocycles. The lowest BCUT2D eigenvalue weighted by molar-refractivity contribution is 0.00993. The van der Waals surface area contributed by atoms with Crippen molar-refractivity contribution in [2.75, 3.05) is 57.4 Å². The highest BCUT2D eigenvalue weighted by Gasteiger charge is 2.32. The molecule has 0 radical (unpaired) electrons. The zero-order valence-electron chi connectivity index (χ0n) is 19.0. The number of aromatic nitrogens is 1. The van der Waals surface area contributed by atoms with Crippen molar-refractivity contribution in [2.24, 2.45) is 0 Å². The second kappa shape index (κ2) is 10.8. The zero-order chi connectivity index (χ0) is 22.3. The van der Waals surface area contributed by atoms with Gasteiger partial charge in [-0.2, -0.15) is 5.26 Å². The summed E-state index contributed by atoms with van der Waals surface area (Å²) in [6.45, 7) is 12.6. The first kappa shape index (κ1) is 23.3. The first-order valence-electron chi connectivity index (χ1n) is 11.3. The summed E-state index contributed by atoms with van der Waals surface area (Å²) < 4.78 is 11.4. The first-order valence-corrected chi connectivity index (χ1v) is 11.3. The average molecular weight is 430 g/mol. The normalized spacial score (nSPS) is 20.0. The number of carbonyl (C=O) groups excluding carboxylic acids is 1. The second-order valence-corrected chi connectivity index (χ2v) is 9.24. The molecule has 1 atom stereocenters. The van der Waals surface area contributed by atoms with Gasteiger partial charge in [0.1, 0.15) is 17.5 Å². The van der Waals surface area contributed by atoms with E-state index in [0.29, 0.717) is 18.8 Å². The number of hydrogen-bond donors (Lipinski definition) is 0. The van der Waals surface area contributed by atoms with E-state index >= 15 is 0 Å². The number of rotatable bonds is 7. The lowest BCUT2D eigenvalue weighted by atomic mass is 10.2. The van der Waals surface area contributed by atoms with E-state index in [4.69, 9.17) is 14.7 Å². The summed E-state index contributed by atoms with van der Waals surface area (Å²) in [5, 5.41) is 8.89. The quantitative estimate of drug-likeness (QED) is 0.617. The number of nitriles is 1. The predicted molar refractivity (Wildman–Crippen MR) is 119 cm³/mol. The Bertz CT molecular complexity index is 748. The highest BCUT2D eigenvalue weighted by molar-refractivity contribution is 5.68. The molecule has 2 aliphatic heterocycles. The third-order valence-corrected chi connectivity index (χ3v) is 5.65. The summed E-state index contributed by atoms with van der Waals surface area (Å²) in [5.74, 6) is 0.938. The van der Waals surface area contributed by atoms with Gasteiger partial charge >= 0.3 is 6.09 Å². The molecule has 2 fully saturated rings. The van der Waals surface area contributed by atoms with Crippen molar-refractivity contribution < 1.29 is 14.3 Å². The molecule has 2 saturated heterocycles. The van der Waals surface area contributed by atoms with Crippen LogP contribution in [0.4, 0.5) is 10.6 Å². The Balaban J connectivity index is 1.30. The smallest absolute Gasteiger partial charge is 0.410 e. The van der Waals surface area contributed by atoms with Crippen LogP contribution in [0.5, 0.6) is 0 Å². The number of ether oxygens (including phenoxy) is 2. The minimum absolute atomic E-state index is 0.123. The lowest BCUT2D eigenvalue weighted by Crippen LogP contribution is -2.47. The number of nitrogens with zero attached hydrogens (tertiary/aromatic N) is 5. The van der Waals surface area contributed by atoms with E-state index in [-0.39, 0.29) is 12.1 Å². The van der Waals surface area contributed by atoms with Crippen LogP contribution in [0.3, 0.4) is 0 Å². The molecule has 3 heterocycles. The standard InChI is InChI=1S/C23H35N5O3/c1-23(2,3)31-22(29)28-10-4-6-20(28)18-30-15-5-9-26-11-13-27(14-12-26)21-8-7-19(16-24)17-25-21/h7-8,17,20H,4-6,9-15,18H2,1-3H3/t20-/m0/s1. The molecule has 0 unspecified atom stereocenters. The van der Waals surface area contributed by atoms with Crippen molar-refractivity contribution in [1.29, 1.82) is 5.26 Å².